The molecule has 0 spiro atoms. The molecule has 0 aliphatic heterocycles. The molecule has 2 nitrogen and oxygen atoms in total. The van der Waals surface area contributed by atoms with Crippen LogP contribution in [0.25, 0.3) is 0 Å². The Kier molecular flexibility index (Phi) is 3.32. The van der Waals surface area contributed by atoms with Gasteiger partial charge in [0.05, 0.1) is 6.10 Å². The van der Waals surface area contributed by atoms with Crippen molar-refractivity contribution in [2.75, 3.05) is 5.32 Å². The van der Waals surface area contributed by atoms with Gasteiger partial charge in [-0.3, -0.25) is 0 Å². The highest BCUT2D eigenvalue weighted by atomic mass is 16.3. The topological polar surface area (TPSA) is 32.3 Å². The Morgan fingerprint density at radius 1 is 1.15 bits per heavy atom. The molecule has 1 rings (SSSR count). The van der Waals surface area contributed by atoms with Crippen molar-refractivity contribution in [3.63, 3.8) is 0 Å². The molecule has 2 N–H and O–H groups in total. The maximum atomic E-state index is 9.48. The second-order valence-electron chi connectivity index (χ2n) is 3.56. The molecule has 1 aromatic carbocycles. The Hall–Kier alpha value is -1.02. The molecule has 0 heterocycles. The van der Waals surface area contributed by atoms with E-state index in [2.05, 4.69) is 19.2 Å². The van der Waals surface area contributed by atoms with Crippen LogP contribution in [-0.2, 0) is 0 Å². The van der Waals surface area contributed by atoms with Gasteiger partial charge in [-0.15, -0.1) is 0 Å². The van der Waals surface area contributed by atoms with Crippen LogP contribution in [0, 0.1) is 0 Å². The molecule has 0 saturated carbocycles. The van der Waals surface area contributed by atoms with E-state index in [0.29, 0.717) is 6.04 Å². The van der Waals surface area contributed by atoms with Gasteiger partial charge in [0.25, 0.3) is 0 Å². The van der Waals surface area contributed by atoms with Crippen molar-refractivity contribution in [3.8, 4) is 0 Å². The lowest BCUT2D eigenvalue weighted by molar-refractivity contribution is 0.200. The largest absolute Gasteiger partial charge is 0.389 e. The lowest BCUT2D eigenvalue weighted by Gasteiger charge is -2.16. The predicted molar refractivity (Wildman–Crippen MR) is 55.8 cm³/mol. The minimum atomic E-state index is -0.414. The Labute approximate surface area is 79.6 Å². The van der Waals surface area contributed by atoms with Crippen LogP contribution in [0.2, 0.25) is 0 Å². The average molecular weight is 179 g/mol. The summed E-state index contributed by atoms with van der Waals surface area (Å²) < 4.78 is 0. The van der Waals surface area contributed by atoms with Gasteiger partial charge in [-0.1, -0.05) is 18.2 Å². The van der Waals surface area contributed by atoms with E-state index in [1.165, 1.54) is 0 Å². The third kappa shape index (κ3) is 2.74. The van der Waals surface area contributed by atoms with Gasteiger partial charge in [0.1, 0.15) is 0 Å². The van der Waals surface area contributed by atoms with Gasteiger partial charge in [0, 0.05) is 17.3 Å². The number of aliphatic hydroxyl groups excluding tert-OH is 1. The second-order valence-corrected chi connectivity index (χ2v) is 3.56. The van der Waals surface area contributed by atoms with Gasteiger partial charge < -0.3 is 10.4 Å². The molecule has 0 aliphatic carbocycles. The number of hydrogen-bond acceptors (Lipinski definition) is 2. The zero-order chi connectivity index (χ0) is 9.84. The van der Waals surface area contributed by atoms with E-state index in [9.17, 15) is 5.11 Å². The molecule has 0 bridgehead atoms. The summed E-state index contributed by atoms with van der Waals surface area (Å²) in [7, 11) is 0. The smallest absolute Gasteiger partial charge is 0.0781 e. The van der Waals surface area contributed by atoms with Crippen LogP contribution in [0.5, 0.6) is 0 Å². The summed E-state index contributed by atoms with van der Waals surface area (Å²) in [6.07, 6.45) is -0.414. The maximum absolute atomic E-state index is 9.48. The first-order chi connectivity index (χ1) is 6.11. The summed E-state index contributed by atoms with van der Waals surface area (Å²) in [6, 6.07) is 8.22. The van der Waals surface area contributed by atoms with Crippen molar-refractivity contribution in [3.05, 3.63) is 29.8 Å². The van der Waals surface area contributed by atoms with Gasteiger partial charge >= 0.3 is 0 Å². The second kappa shape index (κ2) is 4.28. The quantitative estimate of drug-likeness (QED) is 0.747. The molecule has 0 aliphatic rings. The third-order valence-electron chi connectivity index (χ3n) is 1.86. The van der Waals surface area contributed by atoms with Crippen molar-refractivity contribution in [2.24, 2.45) is 0 Å². The summed E-state index contributed by atoms with van der Waals surface area (Å²) in [5.41, 5.74) is 1.98. The van der Waals surface area contributed by atoms with Crippen LogP contribution < -0.4 is 5.32 Å². The van der Waals surface area contributed by atoms with Crippen LogP contribution in [0.4, 0.5) is 5.69 Å². The van der Waals surface area contributed by atoms with Crippen molar-refractivity contribution < 1.29 is 5.11 Å². The van der Waals surface area contributed by atoms with E-state index >= 15 is 0 Å². The van der Waals surface area contributed by atoms with E-state index in [-0.39, 0.29) is 0 Å². The van der Waals surface area contributed by atoms with Crippen LogP contribution in [-0.4, -0.2) is 11.1 Å². The molecule has 0 aromatic heterocycles. The van der Waals surface area contributed by atoms with E-state index in [1.807, 2.05) is 24.3 Å². The summed E-state index contributed by atoms with van der Waals surface area (Å²) >= 11 is 0. The highest BCUT2D eigenvalue weighted by Crippen LogP contribution is 2.22. The highest BCUT2D eigenvalue weighted by molar-refractivity contribution is 5.52. The monoisotopic (exact) mass is 179 g/mol. The van der Waals surface area contributed by atoms with E-state index in [1.54, 1.807) is 6.92 Å². The van der Waals surface area contributed by atoms with E-state index < -0.39 is 6.10 Å². The first-order valence-corrected chi connectivity index (χ1v) is 4.64. The van der Waals surface area contributed by atoms with Crippen molar-refractivity contribution in [1.82, 2.24) is 0 Å². The molecule has 13 heavy (non-hydrogen) atoms. The predicted octanol–water partition coefficient (Wildman–Crippen LogP) is 2.56. The Morgan fingerprint density at radius 2 is 1.77 bits per heavy atom. The van der Waals surface area contributed by atoms with Crippen molar-refractivity contribution >= 4 is 5.69 Å². The van der Waals surface area contributed by atoms with Crippen LogP contribution in [0.3, 0.4) is 0 Å². The summed E-state index contributed by atoms with van der Waals surface area (Å²) in [5, 5.41) is 12.8. The molecule has 0 amide bonds. The highest BCUT2D eigenvalue weighted by Gasteiger charge is 2.06. The Balaban J connectivity index is 2.91. The normalized spacial score (nSPS) is 13.0. The minimum Gasteiger partial charge on any atom is -0.389 e. The van der Waals surface area contributed by atoms with E-state index in [0.717, 1.165) is 11.3 Å². The average Bonchev–Trinajstić information content (AvgIpc) is 2.03. The summed E-state index contributed by atoms with van der Waals surface area (Å²) in [6.45, 7) is 5.94. The molecule has 72 valence electrons. The minimum absolute atomic E-state index is 0.389. The fourth-order valence-corrected chi connectivity index (χ4v) is 1.30. The SMILES string of the molecule is CC(C)Nc1ccccc1C(C)O. The fourth-order valence-electron chi connectivity index (χ4n) is 1.30. The first kappa shape index (κ1) is 10.1. The zero-order valence-corrected chi connectivity index (χ0v) is 8.41. The van der Waals surface area contributed by atoms with Crippen LogP contribution in [0.15, 0.2) is 24.3 Å². The number of para-hydroxylation sites is 1. The Morgan fingerprint density at radius 3 is 2.31 bits per heavy atom. The third-order valence-corrected chi connectivity index (χ3v) is 1.86. The lowest BCUT2D eigenvalue weighted by atomic mass is 10.1. The van der Waals surface area contributed by atoms with Crippen LogP contribution in [0.1, 0.15) is 32.4 Å². The van der Waals surface area contributed by atoms with E-state index in [4.69, 9.17) is 0 Å². The summed E-state index contributed by atoms with van der Waals surface area (Å²) in [4.78, 5) is 0. The first-order valence-electron chi connectivity index (χ1n) is 4.64. The number of hydrogen-bond donors (Lipinski definition) is 2. The molecular formula is C11H17NO. The van der Waals surface area contributed by atoms with Gasteiger partial charge in [0.2, 0.25) is 0 Å². The zero-order valence-electron chi connectivity index (χ0n) is 8.41. The molecule has 0 fully saturated rings. The van der Waals surface area contributed by atoms with Crippen LogP contribution >= 0.6 is 0 Å². The number of benzene rings is 1. The van der Waals surface area contributed by atoms with Crippen molar-refractivity contribution in [2.45, 2.75) is 32.9 Å². The molecule has 2 heteroatoms. The maximum Gasteiger partial charge on any atom is 0.0781 e. The van der Waals surface area contributed by atoms with Gasteiger partial charge in [-0.25, -0.2) is 0 Å². The molecule has 0 saturated heterocycles. The molecule has 1 aromatic rings. The fraction of sp³-hybridized carbons (Fsp3) is 0.455. The molecule has 0 radical (unpaired) electrons. The van der Waals surface area contributed by atoms with Crippen molar-refractivity contribution in [1.29, 1.82) is 0 Å². The number of nitrogens with one attached hydrogen (secondary N) is 1. The lowest BCUT2D eigenvalue weighted by Crippen LogP contribution is -2.12. The van der Waals surface area contributed by atoms with Gasteiger partial charge in [-0.05, 0) is 26.8 Å². The molecule has 1 unspecified atom stereocenters. The van der Waals surface area contributed by atoms with Gasteiger partial charge in [0.15, 0.2) is 0 Å². The molecule has 1 atom stereocenters. The number of aliphatic hydroxyl groups is 1. The summed E-state index contributed by atoms with van der Waals surface area (Å²) in [5.74, 6) is 0. The molecular weight excluding hydrogens is 162 g/mol. The number of anilines is 1. The Bertz CT molecular complexity index is 269. The van der Waals surface area contributed by atoms with Gasteiger partial charge in [-0.2, -0.15) is 0 Å². The number of rotatable bonds is 3. The standard InChI is InChI=1S/C11H17NO/c1-8(2)12-11-7-5-4-6-10(11)9(3)13/h4-9,12-13H,1-3H3.